The average Bonchev–Trinajstić information content (AvgIpc) is 3.22. The van der Waals surface area contributed by atoms with Gasteiger partial charge in [-0.2, -0.15) is 0 Å². The molecule has 1 aromatic heterocycles. The van der Waals surface area contributed by atoms with Crippen molar-refractivity contribution in [1.82, 2.24) is 0 Å². The average molecular weight is 526 g/mol. The third kappa shape index (κ3) is 4.80. The van der Waals surface area contributed by atoms with Gasteiger partial charge in [0.25, 0.3) is 5.91 Å². The van der Waals surface area contributed by atoms with Gasteiger partial charge in [-0.05, 0) is 91.3 Å². The Hall–Kier alpha value is -4.06. The fraction of sp³-hybridized carbons (Fsp3) is 0.333. The Kier molecular flexibility index (Phi) is 7.21. The predicted octanol–water partition coefficient (Wildman–Crippen LogP) is 7.16. The van der Waals surface area contributed by atoms with Crippen molar-refractivity contribution in [2.75, 3.05) is 18.6 Å². The molecule has 6 heteroatoms. The van der Waals surface area contributed by atoms with E-state index in [2.05, 4.69) is 20.8 Å². The fourth-order valence-electron chi connectivity index (χ4n) is 5.08. The van der Waals surface area contributed by atoms with Gasteiger partial charge in [0.2, 0.25) is 5.76 Å². The number of anilines is 1. The van der Waals surface area contributed by atoms with Crippen LogP contribution in [-0.4, -0.2) is 19.6 Å². The van der Waals surface area contributed by atoms with Crippen LogP contribution in [0.15, 0.2) is 63.8 Å². The second-order valence-electron chi connectivity index (χ2n) is 10.6. The van der Waals surface area contributed by atoms with Gasteiger partial charge in [0.05, 0.1) is 30.7 Å². The topological polar surface area (TPSA) is 69.0 Å². The van der Waals surface area contributed by atoms with E-state index in [-0.39, 0.29) is 17.1 Å². The highest BCUT2D eigenvalue weighted by atomic mass is 16.5. The van der Waals surface area contributed by atoms with Crippen LogP contribution in [0.3, 0.4) is 0 Å². The Labute approximate surface area is 229 Å². The van der Waals surface area contributed by atoms with E-state index in [4.69, 9.17) is 13.9 Å². The monoisotopic (exact) mass is 525 g/mol. The van der Waals surface area contributed by atoms with E-state index in [1.165, 1.54) is 0 Å². The maximum atomic E-state index is 14.0. The minimum Gasteiger partial charge on any atom is -0.493 e. The molecule has 39 heavy (non-hydrogen) atoms. The number of ether oxygens (including phenoxy) is 2. The standard InChI is InChI=1S/C33H35NO5/c1-7-22-8-11-24(12-9-22)34-30(23-10-13-26(28(18-23)37-6)38-15-14-19(2)3)29-31(35)25-16-20(4)21(5)17-27(25)39-32(29)33(34)36/h8-13,16-19,30H,7,14-15H2,1-6H3. The van der Waals surface area contributed by atoms with Gasteiger partial charge in [-0.15, -0.1) is 0 Å². The lowest BCUT2D eigenvalue weighted by molar-refractivity contribution is 0.0971. The molecule has 0 fully saturated rings. The molecule has 0 aliphatic carbocycles. The summed E-state index contributed by atoms with van der Waals surface area (Å²) >= 11 is 0. The Balaban J connectivity index is 1.69. The lowest BCUT2D eigenvalue weighted by Gasteiger charge is -2.26. The van der Waals surface area contributed by atoms with Crippen LogP contribution in [0.5, 0.6) is 11.5 Å². The van der Waals surface area contributed by atoms with Crippen molar-refractivity contribution in [1.29, 1.82) is 0 Å². The van der Waals surface area contributed by atoms with E-state index in [9.17, 15) is 9.59 Å². The van der Waals surface area contributed by atoms with E-state index in [1.54, 1.807) is 12.0 Å². The Bertz CT molecular complexity index is 1600. The number of carbonyl (C=O) groups is 1. The smallest absolute Gasteiger partial charge is 0.295 e. The maximum Gasteiger partial charge on any atom is 0.295 e. The third-order valence-electron chi connectivity index (χ3n) is 7.57. The fourth-order valence-corrected chi connectivity index (χ4v) is 5.08. The number of methoxy groups -OCH3 is 1. The molecule has 0 saturated carbocycles. The summed E-state index contributed by atoms with van der Waals surface area (Å²) in [7, 11) is 1.59. The van der Waals surface area contributed by atoms with Crippen molar-refractivity contribution in [3.63, 3.8) is 0 Å². The first-order valence-electron chi connectivity index (χ1n) is 13.5. The molecule has 2 heterocycles. The highest BCUT2D eigenvalue weighted by Crippen LogP contribution is 2.43. The second kappa shape index (κ2) is 10.6. The van der Waals surface area contributed by atoms with Crippen LogP contribution in [0.25, 0.3) is 11.0 Å². The molecule has 6 nitrogen and oxygen atoms in total. The van der Waals surface area contributed by atoms with E-state index >= 15 is 0 Å². The Morgan fingerprint density at radius 3 is 2.33 bits per heavy atom. The molecule has 0 bridgehead atoms. The SMILES string of the molecule is CCc1ccc(N2C(=O)c3oc4cc(C)c(C)cc4c(=O)c3C2c2ccc(OCCC(C)C)c(OC)c2)cc1. The predicted molar refractivity (Wildman–Crippen MR) is 154 cm³/mol. The minimum absolute atomic E-state index is 0.0801. The summed E-state index contributed by atoms with van der Waals surface area (Å²) in [5.74, 6) is 1.44. The molecule has 1 amide bonds. The van der Waals surface area contributed by atoms with Gasteiger partial charge in [-0.1, -0.05) is 39.0 Å². The van der Waals surface area contributed by atoms with E-state index < -0.39 is 6.04 Å². The van der Waals surface area contributed by atoms with Crippen molar-refractivity contribution in [3.05, 3.63) is 98.4 Å². The van der Waals surface area contributed by atoms with Gasteiger partial charge >= 0.3 is 0 Å². The lowest BCUT2D eigenvalue weighted by Crippen LogP contribution is -2.29. The van der Waals surface area contributed by atoms with Crippen LogP contribution in [0.4, 0.5) is 5.69 Å². The lowest BCUT2D eigenvalue weighted by atomic mass is 9.96. The van der Waals surface area contributed by atoms with Crippen molar-refractivity contribution >= 4 is 22.6 Å². The zero-order chi connectivity index (χ0) is 27.8. The first kappa shape index (κ1) is 26.5. The molecule has 4 aromatic rings. The summed E-state index contributed by atoms with van der Waals surface area (Å²) in [5.41, 5.74) is 5.15. The Morgan fingerprint density at radius 1 is 0.949 bits per heavy atom. The summed E-state index contributed by atoms with van der Waals surface area (Å²) in [6.45, 7) is 10.9. The number of hydrogen-bond donors (Lipinski definition) is 0. The first-order chi connectivity index (χ1) is 18.7. The van der Waals surface area contributed by atoms with Crippen LogP contribution in [0.2, 0.25) is 0 Å². The first-order valence-corrected chi connectivity index (χ1v) is 13.5. The van der Waals surface area contributed by atoms with Crippen LogP contribution in [0.1, 0.15) is 71.6 Å². The summed E-state index contributed by atoms with van der Waals surface area (Å²) in [5, 5.41) is 0.471. The van der Waals surface area contributed by atoms with Crippen LogP contribution in [-0.2, 0) is 6.42 Å². The van der Waals surface area contributed by atoms with Crippen LogP contribution >= 0.6 is 0 Å². The number of carbonyl (C=O) groups excluding carboxylic acids is 1. The van der Waals surface area contributed by atoms with Crippen molar-refractivity contribution < 1.29 is 18.7 Å². The van der Waals surface area contributed by atoms with Crippen molar-refractivity contribution in [2.24, 2.45) is 5.92 Å². The molecular weight excluding hydrogens is 490 g/mol. The molecule has 3 aromatic carbocycles. The summed E-state index contributed by atoms with van der Waals surface area (Å²) < 4.78 is 17.9. The molecule has 5 rings (SSSR count). The Morgan fingerprint density at radius 2 is 1.67 bits per heavy atom. The summed E-state index contributed by atoms with van der Waals surface area (Å²) in [6, 6.07) is 16.5. The van der Waals surface area contributed by atoms with Gasteiger partial charge in [-0.3, -0.25) is 14.5 Å². The number of fused-ring (bicyclic) bond motifs is 2. The number of hydrogen-bond acceptors (Lipinski definition) is 5. The van der Waals surface area contributed by atoms with Crippen LogP contribution in [0, 0.1) is 19.8 Å². The van der Waals surface area contributed by atoms with Crippen molar-refractivity contribution in [3.8, 4) is 11.5 Å². The highest BCUT2D eigenvalue weighted by Gasteiger charge is 2.44. The zero-order valence-corrected chi connectivity index (χ0v) is 23.5. The van der Waals surface area contributed by atoms with Gasteiger partial charge in [-0.25, -0.2) is 0 Å². The molecule has 0 spiro atoms. The number of benzene rings is 3. The minimum atomic E-state index is -0.680. The molecule has 1 aliphatic rings. The van der Waals surface area contributed by atoms with E-state index in [1.807, 2.05) is 68.4 Å². The number of amides is 1. The molecule has 0 N–H and O–H groups in total. The third-order valence-corrected chi connectivity index (χ3v) is 7.57. The highest BCUT2D eigenvalue weighted by molar-refractivity contribution is 6.10. The second-order valence-corrected chi connectivity index (χ2v) is 10.6. The van der Waals surface area contributed by atoms with Gasteiger partial charge < -0.3 is 13.9 Å². The largest absolute Gasteiger partial charge is 0.493 e. The van der Waals surface area contributed by atoms with Crippen LogP contribution < -0.4 is 19.8 Å². The zero-order valence-electron chi connectivity index (χ0n) is 23.5. The van der Waals surface area contributed by atoms with Gasteiger partial charge in [0, 0.05) is 5.69 Å². The van der Waals surface area contributed by atoms with E-state index in [0.29, 0.717) is 46.2 Å². The quantitative estimate of drug-likeness (QED) is 0.244. The maximum absolute atomic E-state index is 14.0. The molecule has 1 aliphatic heterocycles. The molecule has 202 valence electrons. The van der Waals surface area contributed by atoms with Gasteiger partial charge in [0.15, 0.2) is 16.9 Å². The van der Waals surface area contributed by atoms with E-state index in [0.717, 1.165) is 35.1 Å². The molecule has 1 unspecified atom stereocenters. The van der Waals surface area contributed by atoms with Gasteiger partial charge in [0.1, 0.15) is 5.58 Å². The normalized spacial score (nSPS) is 14.8. The number of rotatable bonds is 8. The number of nitrogens with zero attached hydrogens (tertiary/aromatic N) is 1. The molecule has 0 radical (unpaired) electrons. The number of aryl methyl sites for hydroxylation is 3. The molecule has 0 saturated heterocycles. The van der Waals surface area contributed by atoms with Crippen molar-refractivity contribution in [2.45, 2.75) is 53.5 Å². The molecule has 1 atom stereocenters. The summed E-state index contributed by atoms with van der Waals surface area (Å²) in [4.78, 5) is 29.6. The summed E-state index contributed by atoms with van der Waals surface area (Å²) in [6.07, 6.45) is 1.81. The molecular formula is C33H35NO5.